The molecular weight excluding hydrogens is 376 g/mol. The van der Waals surface area contributed by atoms with Crippen LogP contribution in [0.3, 0.4) is 0 Å². The van der Waals surface area contributed by atoms with E-state index in [-0.39, 0.29) is 11.6 Å². The van der Waals surface area contributed by atoms with Crippen molar-refractivity contribution in [3.63, 3.8) is 0 Å². The van der Waals surface area contributed by atoms with Gasteiger partial charge in [-0.15, -0.1) is 11.3 Å². The van der Waals surface area contributed by atoms with Crippen molar-refractivity contribution in [3.8, 4) is 5.69 Å². The lowest BCUT2D eigenvalue weighted by atomic mass is 10.2. The first-order valence-electron chi connectivity index (χ1n) is 8.49. The summed E-state index contributed by atoms with van der Waals surface area (Å²) >= 11 is 1.28. The Bertz CT molecular complexity index is 1370. The minimum atomic E-state index is -0.349. The third-order valence-corrected chi connectivity index (χ3v) is 5.39. The molecule has 4 aromatic heterocycles. The second-order valence-corrected chi connectivity index (χ2v) is 7.06. The second kappa shape index (κ2) is 6.20. The normalized spacial score (nSPS) is 12.6. The van der Waals surface area contributed by atoms with Gasteiger partial charge in [0.15, 0.2) is 17.1 Å². The maximum Gasteiger partial charge on any atom is 0.277 e. The molecule has 10 heteroatoms. The molecule has 0 bridgehead atoms. The highest BCUT2D eigenvalue weighted by Gasteiger charge is 2.22. The van der Waals surface area contributed by atoms with Crippen LogP contribution in [0, 0.1) is 0 Å². The molecule has 0 radical (unpaired) electrons. The van der Waals surface area contributed by atoms with Gasteiger partial charge in [-0.1, -0.05) is 18.2 Å². The third-order valence-electron chi connectivity index (χ3n) is 4.59. The van der Waals surface area contributed by atoms with Crippen LogP contribution in [0.5, 0.6) is 0 Å². The summed E-state index contributed by atoms with van der Waals surface area (Å²) < 4.78 is 3.95. The van der Waals surface area contributed by atoms with Crippen molar-refractivity contribution in [2.45, 2.75) is 13.0 Å². The molecule has 0 aliphatic carbocycles. The van der Waals surface area contributed by atoms with Crippen LogP contribution < -0.4 is 11.3 Å². The second-order valence-electron chi connectivity index (χ2n) is 6.21. The summed E-state index contributed by atoms with van der Waals surface area (Å²) in [6, 6.07) is 9.07. The first-order valence-corrected chi connectivity index (χ1v) is 9.37. The van der Waals surface area contributed by atoms with Gasteiger partial charge in [-0.2, -0.15) is 0 Å². The van der Waals surface area contributed by atoms with Gasteiger partial charge in [-0.25, -0.2) is 24.9 Å². The first kappa shape index (κ1) is 16.5. The van der Waals surface area contributed by atoms with Crippen LogP contribution in [0.15, 0.2) is 53.3 Å². The lowest BCUT2D eigenvalue weighted by molar-refractivity contribution is 0.589. The smallest absolute Gasteiger partial charge is 0.277 e. The zero-order chi connectivity index (χ0) is 19.3. The number of benzene rings is 1. The minimum absolute atomic E-state index is 0.154. The van der Waals surface area contributed by atoms with Crippen LogP contribution in [-0.2, 0) is 0 Å². The van der Waals surface area contributed by atoms with Crippen LogP contribution in [0.2, 0.25) is 0 Å². The maximum absolute atomic E-state index is 13.2. The average molecular weight is 390 g/mol. The topological polar surface area (TPSA) is 117 Å². The number of hydrogen-bond donors (Lipinski definition) is 1. The Balaban J connectivity index is 1.80. The number of aromatic nitrogens is 7. The molecule has 0 amide bonds. The number of anilines is 1. The van der Waals surface area contributed by atoms with Gasteiger partial charge in [0.25, 0.3) is 5.56 Å². The molecule has 0 fully saturated rings. The Labute approximate surface area is 162 Å². The number of nitrogens with two attached hydrogens (primary N) is 1. The fourth-order valence-corrected chi connectivity index (χ4v) is 3.87. The highest BCUT2D eigenvalue weighted by atomic mass is 32.1. The summed E-state index contributed by atoms with van der Waals surface area (Å²) in [6.45, 7) is 1.93. The van der Waals surface area contributed by atoms with E-state index in [1.54, 1.807) is 16.4 Å². The molecule has 1 aromatic carbocycles. The minimum Gasteiger partial charge on any atom is -0.382 e. The largest absolute Gasteiger partial charge is 0.382 e. The Morgan fingerprint density at radius 2 is 1.93 bits per heavy atom. The predicted molar refractivity (Wildman–Crippen MR) is 107 cm³/mol. The van der Waals surface area contributed by atoms with E-state index >= 15 is 0 Å². The Morgan fingerprint density at radius 1 is 1.11 bits per heavy atom. The fraction of sp³-hybridized carbons (Fsp3) is 0.111. The highest BCUT2D eigenvalue weighted by Crippen LogP contribution is 2.25. The lowest BCUT2D eigenvalue weighted by Crippen LogP contribution is -2.26. The predicted octanol–water partition coefficient (Wildman–Crippen LogP) is 2.17. The van der Waals surface area contributed by atoms with E-state index in [1.807, 2.05) is 41.8 Å². The maximum atomic E-state index is 13.2. The summed E-state index contributed by atoms with van der Waals surface area (Å²) in [5.74, 6) is 0.838. The van der Waals surface area contributed by atoms with Gasteiger partial charge >= 0.3 is 0 Å². The number of nitrogens with zero attached hydrogens (tertiary/aromatic N) is 7. The molecule has 0 aliphatic rings. The molecule has 0 saturated heterocycles. The van der Waals surface area contributed by atoms with E-state index in [1.165, 1.54) is 17.7 Å². The van der Waals surface area contributed by atoms with E-state index in [0.29, 0.717) is 33.2 Å². The van der Waals surface area contributed by atoms with Crippen molar-refractivity contribution in [2.75, 3.05) is 5.73 Å². The van der Waals surface area contributed by atoms with E-state index in [2.05, 4.69) is 19.9 Å². The van der Waals surface area contributed by atoms with Gasteiger partial charge in [0.2, 0.25) is 0 Å². The molecule has 28 heavy (non-hydrogen) atoms. The Kier molecular flexibility index (Phi) is 3.66. The fourth-order valence-electron chi connectivity index (χ4n) is 3.21. The molecule has 9 nitrogen and oxygen atoms in total. The van der Waals surface area contributed by atoms with Crippen molar-refractivity contribution < 1.29 is 0 Å². The number of thiazole rings is 1. The zero-order valence-electron chi connectivity index (χ0n) is 14.7. The molecule has 5 aromatic rings. The van der Waals surface area contributed by atoms with Gasteiger partial charge < -0.3 is 10.3 Å². The standard InChI is InChI=1S/C18H14N8OS/c1-10(25-8-22-12-14(19)20-7-21-17(12)25)16-24-15-13(28-9-23-15)18(27)26(16)11-5-3-2-4-6-11/h2-10H,1H3,(H2,19,20,21). The number of hydrogen-bond acceptors (Lipinski definition) is 8. The summed E-state index contributed by atoms with van der Waals surface area (Å²) in [7, 11) is 0. The van der Waals surface area contributed by atoms with Crippen molar-refractivity contribution in [3.05, 3.63) is 64.7 Å². The quantitative estimate of drug-likeness (QED) is 0.502. The number of rotatable bonds is 3. The Hall–Kier alpha value is -3.66. The van der Waals surface area contributed by atoms with E-state index in [4.69, 9.17) is 10.7 Å². The number of para-hydroxylation sites is 1. The van der Waals surface area contributed by atoms with Crippen LogP contribution in [0.1, 0.15) is 18.8 Å². The molecule has 1 unspecified atom stereocenters. The number of imidazole rings is 1. The molecular formula is C18H14N8OS. The molecule has 1 atom stereocenters. The van der Waals surface area contributed by atoms with Gasteiger partial charge in [0.1, 0.15) is 22.4 Å². The van der Waals surface area contributed by atoms with E-state index in [0.717, 1.165) is 5.69 Å². The van der Waals surface area contributed by atoms with Crippen molar-refractivity contribution in [1.29, 1.82) is 0 Å². The van der Waals surface area contributed by atoms with Crippen molar-refractivity contribution >= 4 is 38.7 Å². The summed E-state index contributed by atoms with van der Waals surface area (Å²) in [4.78, 5) is 34.8. The summed E-state index contributed by atoms with van der Waals surface area (Å²) in [6.07, 6.45) is 3.02. The SMILES string of the molecule is CC(c1nc2ncsc2c(=O)n1-c1ccccc1)n1cnc2c(N)ncnc21. The van der Waals surface area contributed by atoms with E-state index in [9.17, 15) is 4.79 Å². The number of fused-ring (bicyclic) bond motifs is 2. The third kappa shape index (κ3) is 2.38. The lowest BCUT2D eigenvalue weighted by Gasteiger charge is -2.19. The average Bonchev–Trinajstić information content (AvgIpc) is 3.36. The molecule has 0 aliphatic heterocycles. The van der Waals surface area contributed by atoms with E-state index < -0.39 is 0 Å². The van der Waals surface area contributed by atoms with Gasteiger partial charge in [-0.3, -0.25) is 9.36 Å². The highest BCUT2D eigenvalue weighted by molar-refractivity contribution is 7.16. The molecule has 4 heterocycles. The van der Waals surface area contributed by atoms with Crippen LogP contribution in [-0.4, -0.2) is 34.1 Å². The summed E-state index contributed by atoms with van der Waals surface area (Å²) in [5.41, 5.74) is 9.64. The van der Waals surface area contributed by atoms with Crippen molar-refractivity contribution in [1.82, 2.24) is 34.1 Å². The van der Waals surface area contributed by atoms with Gasteiger partial charge in [-0.05, 0) is 19.1 Å². The monoisotopic (exact) mass is 390 g/mol. The van der Waals surface area contributed by atoms with Gasteiger partial charge in [0.05, 0.1) is 23.6 Å². The molecule has 0 saturated carbocycles. The van der Waals surface area contributed by atoms with Crippen molar-refractivity contribution in [2.24, 2.45) is 0 Å². The number of nitrogen functional groups attached to an aromatic ring is 1. The van der Waals surface area contributed by atoms with Crippen LogP contribution in [0.4, 0.5) is 5.82 Å². The Morgan fingerprint density at radius 3 is 2.75 bits per heavy atom. The van der Waals surface area contributed by atoms with Crippen LogP contribution in [0.25, 0.3) is 27.2 Å². The molecule has 2 N–H and O–H groups in total. The zero-order valence-corrected chi connectivity index (χ0v) is 15.5. The molecule has 138 valence electrons. The molecule has 0 spiro atoms. The summed E-state index contributed by atoms with van der Waals surface area (Å²) in [5, 5.41) is 0. The first-order chi connectivity index (χ1) is 13.6. The van der Waals surface area contributed by atoms with Gasteiger partial charge in [0, 0.05) is 0 Å². The molecule has 5 rings (SSSR count). The van der Waals surface area contributed by atoms with Crippen LogP contribution >= 0.6 is 11.3 Å².